The molecule has 0 aliphatic heterocycles. The zero-order valence-corrected chi connectivity index (χ0v) is 8.26. The van der Waals surface area contributed by atoms with Crippen molar-refractivity contribution in [1.82, 2.24) is 9.71 Å². The Morgan fingerprint density at radius 1 is 1.07 bits per heavy atom. The molecule has 2 aromatic rings. The Morgan fingerprint density at radius 2 is 1.79 bits per heavy atom. The monoisotopic (exact) mass is 206 g/mol. The molecule has 72 valence electrons. The van der Waals surface area contributed by atoms with E-state index in [0.717, 1.165) is 4.73 Å². The Bertz CT molecular complexity index is 387. The van der Waals surface area contributed by atoms with Gasteiger partial charge in [0.15, 0.2) is 0 Å². The van der Waals surface area contributed by atoms with Crippen LogP contribution in [0.4, 0.5) is 0 Å². The topological polar surface area (TPSA) is 38.0 Å². The van der Waals surface area contributed by atoms with Crippen LogP contribution < -0.4 is 0 Å². The number of rotatable bonds is 0. The molecule has 0 fully saturated rings. The number of nitrogens with zero attached hydrogens (tertiary/aromatic N) is 2. The Labute approximate surface area is 87.3 Å². The highest BCUT2D eigenvalue weighted by atomic mass is 32.1. The van der Waals surface area contributed by atoms with Crippen LogP contribution in [0, 0.1) is 4.64 Å². The van der Waals surface area contributed by atoms with E-state index in [0.29, 0.717) is 4.64 Å². The molecule has 2 rings (SSSR count). The first-order chi connectivity index (χ1) is 6.80. The van der Waals surface area contributed by atoms with E-state index in [4.69, 9.17) is 5.21 Å². The van der Waals surface area contributed by atoms with Crippen molar-refractivity contribution in [3.63, 3.8) is 0 Å². The minimum Gasteiger partial charge on any atom is -0.428 e. The van der Waals surface area contributed by atoms with Gasteiger partial charge >= 0.3 is 0 Å². The summed E-state index contributed by atoms with van der Waals surface area (Å²) in [5.41, 5.74) is 0. The zero-order valence-electron chi connectivity index (χ0n) is 7.45. The van der Waals surface area contributed by atoms with Crippen molar-refractivity contribution in [1.29, 1.82) is 0 Å². The van der Waals surface area contributed by atoms with E-state index < -0.39 is 0 Å². The Morgan fingerprint density at radius 3 is 2.07 bits per heavy atom. The molecule has 0 spiro atoms. The zero-order chi connectivity index (χ0) is 10.2. The highest BCUT2D eigenvalue weighted by molar-refractivity contribution is 7.71. The summed E-state index contributed by atoms with van der Waals surface area (Å²) in [7, 11) is 0. The second-order valence-electron chi connectivity index (χ2n) is 2.41. The van der Waals surface area contributed by atoms with Crippen LogP contribution in [0.1, 0.15) is 0 Å². The van der Waals surface area contributed by atoms with Crippen LogP contribution in [0.25, 0.3) is 0 Å². The highest BCUT2D eigenvalue weighted by Gasteiger charge is 1.77. The van der Waals surface area contributed by atoms with Crippen LogP contribution in [0.2, 0.25) is 0 Å². The lowest BCUT2D eigenvalue weighted by molar-refractivity contribution is 0.180. The quantitative estimate of drug-likeness (QED) is 0.531. The molecule has 0 saturated carbocycles. The third-order valence-electron chi connectivity index (χ3n) is 1.37. The fourth-order valence-electron chi connectivity index (χ4n) is 0.732. The first-order valence-corrected chi connectivity index (χ1v) is 4.43. The van der Waals surface area contributed by atoms with Crippen LogP contribution >= 0.6 is 12.2 Å². The van der Waals surface area contributed by atoms with Crippen LogP contribution in [-0.2, 0) is 0 Å². The van der Waals surface area contributed by atoms with Gasteiger partial charge in [0.2, 0.25) is 0 Å². The summed E-state index contributed by atoms with van der Waals surface area (Å²) >= 11 is 4.67. The SMILES string of the molecule is On1ccccc1=S.c1ccncc1. The minimum atomic E-state index is 0.424. The van der Waals surface area contributed by atoms with Gasteiger partial charge in [0.05, 0.1) is 0 Å². The van der Waals surface area contributed by atoms with E-state index in [1.165, 1.54) is 6.20 Å². The summed E-state index contributed by atoms with van der Waals surface area (Å²) in [5, 5.41) is 8.73. The molecule has 0 aromatic carbocycles. The lowest BCUT2D eigenvalue weighted by atomic mass is 10.5. The normalized spacial score (nSPS) is 8.57. The van der Waals surface area contributed by atoms with Crippen molar-refractivity contribution in [2.75, 3.05) is 0 Å². The number of pyridine rings is 2. The molecule has 3 nitrogen and oxygen atoms in total. The number of hydrogen-bond donors (Lipinski definition) is 1. The van der Waals surface area contributed by atoms with E-state index in [1.54, 1.807) is 30.6 Å². The predicted molar refractivity (Wildman–Crippen MR) is 56.7 cm³/mol. The van der Waals surface area contributed by atoms with Crippen LogP contribution in [0.5, 0.6) is 0 Å². The Kier molecular flexibility index (Phi) is 4.37. The molecule has 0 saturated heterocycles. The van der Waals surface area contributed by atoms with Crippen LogP contribution in [-0.4, -0.2) is 14.9 Å². The molecule has 14 heavy (non-hydrogen) atoms. The molecular formula is C10H10N2OS. The maximum absolute atomic E-state index is 8.73. The van der Waals surface area contributed by atoms with Gasteiger partial charge in [-0.15, -0.1) is 0 Å². The number of aromatic nitrogens is 2. The first-order valence-electron chi connectivity index (χ1n) is 4.02. The van der Waals surface area contributed by atoms with Gasteiger partial charge in [0, 0.05) is 18.6 Å². The van der Waals surface area contributed by atoms with Gasteiger partial charge in [-0.05, 0) is 24.3 Å². The first kappa shape index (κ1) is 10.4. The maximum atomic E-state index is 8.73. The van der Waals surface area contributed by atoms with Gasteiger partial charge in [0.25, 0.3) is 0 Å². The average molecular weight is 206 g/mol. The van der Waals surface area contributed by atoms with Crippen molar-refractivity contribution >= 4 is 12.2 Å². The van der Waals surface area contributed by atoms with Crippen molar-refractivity contribution in [3.05, 3.63) is 59.6 Å². The molecule has 2 aromatic heterocycles. The van der Waals surface area contributed by atoms with Crippen LogP contribution in [0.15, 0.2) is 55.0 Å². The predicted octanol–water partition coefficient (Wildman–Crippen LogP) is 2.54. The van der Waals surface area contributed by atoms with Gasteiger partial charge in [0.1, 0.15) is 4.64 Å². The fourth-order valence-corrected chi connectivity index (χ4v) is 0.871. The molecular weight excluding hydrogens is 196 g/mol. The van der Waals surface area contributed by atoms with Crippen LogP contribution in [0.3, 0.4) is 0 Å². The maximum Gasteiger partial charge on any atom is 0.142 e. The molecule has 4 heteroatoms. The number of hydrogen-bond acceptors (Lipinski definition) is 3. The third-order valence-corrected chi connectivity index (χ3v) is 1.69. The largest absolute Gasteiger partial charge is 0.428 e. The summed E-state index contributed by atoms with van der Waals surface area (Å²) < 4.78 is 1.32. The molecule has 0 radical (unpaired) electrons. The van der Waals surface area contributed by atoms with Gasteiger partial charge in [-0.2, -0.15) is 4.73 Å². The lowest BCUT2D eigenvalue weighted by Gasteiger charge is -1.90. The molecule has 0 amide bonds. The second kappa shape index (κ2) is 5.88. The molecule has 0 aliphatic rings. The summed E-state index contributed by atoms with van der Waals surface area (Å²) in [6, 6.07) is 10.8. The Balaban J connectivity index is 0.000000146. The minimum absolute atomic E-state index is 0.424. The second-order valence-corrected chi connectivity index (χ2v) is 2.83. The molecule has 0 bridgehead atoms. The van der Waals surface area contributed by atoms with E-state index in [1.807, 2.05) is 18.2 Å². The van der Waals surface area contributed by atoms with Crippen molar-refractivity contribution < 1.29 is 5.21 Å². The van der Waals surface area contributed by atoms with E-state index in [-0.39, 0.29) is 0 Å². The van der Waals surface area contributed by atoms with E-state index >= 15 is 0 Å². The van der Waals surface area contributed by atoms with Crippen molar-refractivity contribution in [3.8, 4) is 0 Å². The molecule has 0 atom stereocenters. The summed E-state index contributed by atoms with van der Waals surface area (Å²) in [6.45, 7) is 0. The van der Waals surface area contributed by atoms with E-state index in [2.05, 4.69) is 17.2 Å². The molecule has 1 N–H and O–H groups in total. The Hall–Kier alpha value is -1.68. The fraction of sp³-hybridized carbons (Fsp3) is 0. The molecule has 0 unspecified atom stereocenters. The summed E-state index contributed by atoms with van der Waals surface area (Å²) in [4.78, 5) is 3.78. The van der Waals surface area contributed by atoms with Gasteiger partial charge in [-0.3, -0.25) is 4.98 Å². The van der Waals surface area contributed by atoms with E-state index in [9.17, 15) is 0 Å². The average Bonchev–Trinajstić information content (AvgIpc) is 2.26. The van der Waals surface area contributed by atoms with Crippen molar-refractivity contribution in [2.45, 2.75) is 0 Å². The summed E-state index contributed by atoms with van der Waals surface area (Å²) in [6.07, 6.45) is 4.99. The van der Waals surface area contributed by atoms with Gasteiger partial charge in [-0.1, -0.05) is 24.4 Å². The lowest BCUT2D eigenvalue weighted by Crippen LogP contribution is -1.89. The molecule has 2 heterocycles. The highest BCUT2D eigenvalue weighted by Crippen LogP contribution is 1.86. The summed E-state index contributed by atoms with van der Waals surface area (Å²) in [5.74, 6) is 0. The van der Waals surface area contributed by atoms with Crippen molar-refractivity contribution in [2.24, 2.45) is 0 Å². The van der Waals surface area contributed by atoms with Gasteiger partial charge in [-0.25, -0.2) is 0 Å². The molecule has 0 aliphatic carbocycles. The third kappa shape index (κ3) is 3.82. The smallest absolute Gasteiger partial charge is 0.142 e. The van der Waals surface area contributed by atoms with Gasteiger partial charge < -0.3 is 5.21 Å². The standard InChI is InChI=1S/C5H5NOS.C5H5N/c7-6-4-2-1-3-5(6)8;1-2-4-6-5-3-1/h1-4,7H;1-5H.